The summed E-state index contributed by atoms with van der Waals surface area (Å²) in [5.74, 6) is 0.336. The van der Waals surface area contributed by atoms with Crippen molar-refractivity contribution in [1.82, 2.24) is 20.1 Å². The first-order valence-corrected chi connectivity index (χ1v) is 11.8. The van der Waals surface area contributed by atoms with Gasteiger partial charge in [-0.15, -0.1) is 10.2 Å². The molecule has 0 spiro atoms. The number of benzene rings is 2. The molecule has 2 aromatic carbocycles. The Bertz CT molecular complexity index is 1080. The molecule has 1 N–H and O–H groups in total. The number of hydrogen-bond acceptors (Lipinski definition) is 5. The molecular formula is C24H27FN4O2S. The van der Waals surface area contributed by atoms with Crippen LogP contribution in [0.15, 0.2) is 53.7 Å². The summed E-state index contributed by atoms with van der Waals surface area (Å²) in [6.45, 7) is 5.60. The summed E-state index contributed by atoms with van der Waals surface area (Å²) in [5.41, 5.74) is 0.924. The number of aromatic nitrogens is 3. The Labute approximate surface area is 191 Å². The monoisotopic (exact) mass is 454 g/mol. The number of aryl methyl sites for hydroxylation is 1. The van der Waals surface area contributed by atoms with Gasteiger partial charge in [0.15, 0.2) is 10.9 Å². The van der Waals surface area contributed by atoms with Crippen LogP contribution in [0.25, 0.3) is 0 Å². The Morgan fingerprint density at radius 3 is 2.41 bits per heavy atom. The van der Waals surface area contributed by atoms with Crippen LogP contribution >= 0.6 is 11.8 Å². The molecule has 0 aliphatic rings. The zero-order valence-corrected chi connectivity index (χ0v) is 19.3. The summed E-state index contributed by atoms with van der Waals surface area (Å²) in [7, 11) is 0. The minimum atomic E-state index is -0.415. The predicted octanol–water partition coefficient (Wildman–Crippen LogP) is 4.39. The zero-order chi connectivity index (χ0) is 23.1. The van der Waals surface area contributed by atoms with Crippen molar-refractivity contribution >= 4 is 23.5 Å². The molecule has 0 atom stereocenters. The number of rotatable bonds is 10. The Hall–Kier alpha value is -3.00. The van der Waals surface area contributed by atoms with Crippen LogP contribution in [0.5, 0.6) is 0 Å². The first-order chi connectivity index (χ1) is 15.4. The van der Waals surface area contributed by atoms with Crippen molar-refractivity contribution < 1.29 is 14.0 Å². The summed E-state index contributed by atoms with van der Waals surface area (Å²) in [6, 6.07) is 12.0. The summed E-state index contributed by atoms with van der Waals surface area (Å²) < 4.78 is 15.3. The molecule has 0 aliphatic heterocycles. The van der Waals surface area contributed by atoms with Gasteiger partial charge in [0.05, 0.1) is 5.56 Å². The highest BCUT2D eigenvalue weighted by Gasteiger charge is 2.18. The third kappa shape index (κ3) is 5.82. The first-order valence-electron chi connectivity index (χ1n) is 10.5. The Morgan fingerprint density at radius 1 is 1.06 bits per heavy atom. The van der Waals surface area contributed by atoms with Crippen LogP contribution in [0.1, 0.15) is 52.4 Å². The maximum absolute atomic E-state index is 13.2. The van der Waals surface area contributed by atoms with E-state index in [9.17, 15) is 14.0 Å². The van der Waals surface area contributed by atoms with E-state index in [1.165, 1.54) is 24.3 Å². The van der Waals surface area contributed by atoms with Gasteiger partial charge >= 0.3 is 0 Å². The lowest BCUT2D eigenvalue weighted by Gasteiger charge is -2.12. The molecule has 168 valence electrons. The fraction of sp³-hybridized carbons (Fsp3) is 0.333. The van der Waals surface area contributed by atoms with Gasteiger partial charge in [-0.25, -0.2) is 4.39 Å². The standard InChI is InChI=1S/C24H27FN4O2S/c1-16(2)15-29-21(27-28-24(29)32-3)9-6-14-26-23(31)20-8-5-4-7-19(20)22(30)17-10-12-18(25)13-11-17/h4-5,7-8,10-13,16H,6,9,14-15H2,1-3H3,(H,26,31). The number of amides is 1. The van der Waals surface area contributed by atoms with E-state index in [0.717, 1.165) is 17.5 Å². The van der Waals surface area contributed by atoms with E-state index in [2.05, 4.69) is 33.9 Å². The Morgan fingerprint density at radius 2 is 1.75 bits per heavy atom. The lowest BCUT2D eigenvalue weighted by Crippen LogP contribution is -2.27. The van der Waals surface area contributed by atoms with Gasteiger partial charge in [-0.3, -0.25) is 9.59 Å². The van der Waals surface area contributed by atoms with Crippen LogP contribution in [0.2, 0.25) is 0 Å². The molecule has 1 aromatic heterocycles. The van der Waals surface area contributed by atoms with E-state index in [4.69, 9.17) is 0 Å². The first kappa shape index (κ1) is 23.7. The van der Waals surface area contributed by atoms with Gasteiger partial charge in [0, 0.05) is 30.6 Å². The SMILES string of the molecule is CSc1nnc(CCCNC(=O)c2ccccc2C(=O)c2ccc(F)cc2)n1CC(C)C. The van der Waals surface area contributed by atoms with Crippen molar-refractivity contribution in [1.29, 1.82) is 0 Å². The fourth-order valence-electron chi connectivity index (χ4n) is 3.38. The number of carbonyl (C=O) groups excluding carboxylic acids is 2. The van der Waals surface area contributed by atoms with Crippen LogP contribution < -0.4 is 5.32 Å². The van der Waals surface area contributed by atoms with Crippen LogP contribution in [-0.2, 0) is 13.0 Å². The van der Waals surface area contributed by atoms with Crippen molar-refractivity contribution in [2.75, 3.05) is 12.8 Å². The molecule has 0 saturated heterocycles. The molecule has 6 nitrogen and oxygen atoms in total. The van der Waals surface area contributed by atoms with Crippen molar-refractivity contribution in [3.05, 3.63) is 76.9 Å². The molecule has 0 saturated carbocycles. The third-order valence-electron chi connectivity index (χ3n) is 4.91. The number of nitrogens with zero attached hydrogens (tertiary/aromatic N) is 3. The number of ketones is 1. The van der Waals surface area contributed by atoms with Crippen molar-refractivity contribution in [2.45, 2.75) is 38.4 Å². The molecule has 0 unspecified atom stereocenters. The molecule has 0 fully saturated rings. The third-order valence-corrected chi connectivity index (χ3v) is 5.58. The van der Waals surface area contributed by atoms with Gasteiger partial charge in [0.1, 0.15) is 11.6 Å². The van der Waals surface area contributed by atoms with E-state index in [-0.39, 0.29) is 17.3 Å². The average molecular weight is 455 g/mol. The molecule has 0 bridgehead atoms. The number of hydrogen-bond donors (Lipinski definition) is 1. The van der Waals surface area contributed by atoms with Crippen LogP contribution in [0.4, 0.5) is 4.39 Å². The van der Waals surface area contributed by atoms with Gasteiger partial charge < -0.3 is 9.88 Å². The average Bonchev–Trinajstić information content (AvgIpc) is 3.17. The second-order valence-corrected chi connectivity index (χ2v) is 8.62. The van der Waals surface area contributed by atoms with Gasteiger partial charge in [-0.05, 0) is 48.9 Å². The highest BCUT2D eigenvalue weighted by molar-refractivity contribution is 7.98. The van der Waals surface area contributed by atoms with Crippen LogP contribution in [0, 0.1) is 11.7 Å². The lowest BCUT2D eigenvalue weighted by atomic mass is 9.98. The molecule has 3 aromatic rings. The molecule has 0 radical (unpaired) electrons. The van der Waals surface area contributed by atoms with E-state index < -0.39 is 5.82 Å². The fourth-order valence-corrected chi connectivity index (χ4v) is 3.91. The molecule has 1 amide bonds. The van der Waals surface area contributed by atoms with Crippen molar-refractivity contribution in [3.8, 4) is 0 Å². The summed E-state index contributed by atoms with van der Waals surface area (Å²) in [6.07, 6.45) is 3.37. The largest absolute Gasteiger partial charge is 0.352 e. The quantitative estimate of drug-likeness (QED) is 0.279. The smallest absolute Gasteiger partial charge is 0.252 e. The number of nitrogens with one attached hydrogen (secondary N) is 1. The van der Waals surface area contributed by atoms with Gasteiger partial charge in [0.2, 0.25) is 0 Å². The second kappa shape index (κ2) is 11.0. The second-order valence-electron chi connectivity index (χ2n) is 7.85. The van der Waals surface area contributed by atoms with Gasteiger partial charge in [0.25, 0.3) is 5.91 Å². The highest BCUT2D eigenvalue weighted by Crippen LogP contribution is 2.17. The van der Waals surface area contributed by atoms with Gasteiger partial charge in [-0.2, -0.15) is 0 Å². The lowest BCUT2D eigenvalue weighted by molar-refractivity contribution is 0.0941. The minimum absolute atomic E-state index is 0.290. The Balaban J connectivity index is 1.62. The van der Waals surface area contributed by atoms with Crippen molar-refractivity contribution in [3.63, 3.8) is 0 Å². The van der Waals surface area contributed by atoms with Crippen LogP contribution in [-0.4, -0.2) is 39.3 Å². The Kier molecular flexibility index (Phi) is 8.16. The highest BCUT2D eigenvalue weighted by atomic mass is 32.2. The van der Waals surface area contributed by atoms with E-state index >= 15 is 0 Å². The summed E-state index contributed by atoms with van der Waals surface area (Å²) in [4.78, 5) is 25.6. The molecule has 8 heteroatoms. The maximum atomic E-state index is 13.2. The molecular weight excluding hydrogens is 427 g/mol. The van der Waals surface area contributed by atoms with E-state index in [1.54, 1.807) is 36.0 Å². The molecule has 0 aliphatic carbocycles. The predicted molar refractivity (Wildman–Crippen MR) is 124 cm³/mol. The number of carbonyl (C=O) groups is 2. The van der Waals surface area contributed by atoms with E-state index in [0.29, 0.717) is 36.4 Å². The normalized spacial score (nSPS) is 11.0. The molecule has 32 heavy (non-hydrogen) atoms. The zero-order valence-electron chi connectivity index (χ0n) is 18.5. The minimum Gasteiger partial charge on any atom is -0.352 e. The van der Waals surface area contributed by atoms with E-state index in [1.807, 2.05) is 6.26 Å². The molecule has 1 heterocycles. The number of halogens is 1. The summed E-state index contributed by atoms with van der Waals surface area (Å²) in [5, 5.41) is 12.3. The van der Waals surface area contributed by atoms with Crippen molar-refractivity contribution in [2.24, 2.45) is 5.92 Å². The number of thioether (sulfide) groups is 1. The summed E-state index contributed by atoms with van der Waals surface area (Å²) >= 11 is 1.57. The van der Waals surface area contributed by atoms with Gasteiger partial charge in [-0.1, -0.05) is 43.8 Å². The van der Waals surface area contributed by atoms with Crippen LogP contribution in [0.3, 0.4) is 0 Å². The molecule has 3 rings (SSSR count). The maximum Gasteiger partial charge on any atom is 0.252 e. The topological polar surface area (TPSA) is 76.9 Å².